The summed E-state index contributed by atoms with van der Waals surface area (Å²) in [5.41, 5.74) is 5.68. The van der Waals surface area contributed by atoms with Crippen molar-refractivity contribution >= 4 is 35.8 Å². The number of guanidine groups is 1. The van der Waals surface area contributed by atoms with Gasteiger partial charge in [0.15, 0.2) is 11.7 Å². The third kappa shape index (κ3) is 29.6. The average molecular weight is 1210 g/mol. The first-order valence-corrected chi connectivity index (χ1v) is 30.1. The quantitative estimate of drug-likeness (QED) is 0.0189. The van der Waals surface area contributed by atoms with E-state index >= 15 is 0 Å². The number of rotatable bonds is 17. The zero-order valence-electron chi connectivity index (χ0n) is 51.0. The molecule has 0 aromatic rings. The minimum absolute atomic E-state index is 0.00374. The number of esters is 3. The molecule has 1 saturated heterocycles. The van der Waals surface area contributed by atoms with Gasteiger partial charge < -0.3 is 91.3 Å². The number of carbonyl (C=O) groups is 5. The summed E-state index contributed by atoms with van der Waals surface area (Å²) >= 11 is 0. The van der Waals surface area contributed by atoms with Gasteiger partial charge in [-0.1, -0.05) is 96.6 Å². The monoisotopic (exact) mass is 1210 g/mol. The molecule has 2 rings (SSSR count). The maximum Gasteiger partial charge on any atom is 0.317 e. The Hall–Kier alpha value is -4.86. The predicted octanol–water partition coefficient (Wildman–Crippen LogP) is 3.08. The van der Waals surface area contributed by atoms with Gasteiger partial charge >= 0.3 is 29.8 Å². The van der Waals surface area contributed by atoms with E-state index in [1.165, 1.54) is 25.2 Å². The van der Waals surface area contributed by atoms with Crippen molar-refractivity contribution in [2.45, 2.75) is 243 Å². The lowest BCUT2D eigenvalue weighted by Gasteiger charge is -2.46. The van der Waals surface area contributed by atoms with Crippen LogP contribution in [0.2, 0.25) is 0 Å². The Kier molecular flexibility index (Phi) is 35.1. The first kappa shape index (κ1) is 76.2. The smallest absolute Gasteiger partial charge is 0.317 e. The van der Waals surface area contributed by atoms with Crippen molar-refractivity contribution in [2.75, 3.05) is 13.6 Å². The molecule has 0 saturated carbocycles. The molecule has 0 aliphatic carbocycles. The highest BCUT2D eigenvalue weighted by Gasteiger charge is 2.52. The number of aliphatic hydroxyl groups excluding tert-OH is 9. The van der Waals surface area contributed by atoms with Crippen molar-refractivity contribution in [2.24, 2.45) is 52.2 Å². The van der Waals surface area contributed by atoms with Crippen LogP contribution in [0.15, 0.2) is 53.6 Å². The van der Waals surface area contributed by atoms with E-state index in [-0.39, 0.29) is 43.4 Å². The number of hydrogen-bond acceptors (Lipinski definition) is 20. The molecular formula is C61H103N3O21. The fourth-order valence-corrected chi connectivity index (χ4v) is 10.6. The summed E-state index contributed by atoms with van der Waals surface area (Å²) in [5.74, 6) is -12.1. The molecule has 2 heterocycles. The number of carboxylic acids is 2. The van der Waals surface area contributed by atoms with Gasteiger partial charge in [0, 0.05) is 69.9 Å². The first-order chi connectivity index (χ1) is 39.8. The minimum atomic E-state index is -2.74. The van der Waals surface area contributed by atoms with E-state index in [0.29, 0.717) is 12.4 Å². The van der Waals surface area contributed by atoms with Gasteiger partial charge in [0.05, 0.1) is 60.9 Å². The van der Waals surface area contributed by atoms with Gasteiger partial charge in [0.25, 0.3) is 0 Å². The van der Waals surface area contributed by atoms with E-state index < -0.39 is 184 Å². The molecule has 24 heteroatoms. The third-order valence-electron chi connectivity index (χ3n) is 16.1. The molecule has 24 nitrogen and oxygen atoms in total. The van der Waals surface area contributed by atoms with Crippen LogP contribution in [0.4, 0.5) is 0 Å². The Bertz CT molecular complexity index is 2160. The third-order valence-corrected chi connectivity index (χ3v) is 16.1. The number of nitrogens with two attached hydrogens (primary N) is 1. The molecule has 85 heavy (non-hydrogen) atoms. The maximum atomic E-state index is 13.8. The molecule has 0 radical (unpaired) electrons. The maximum absolute atomic E-state index is 13.8. The number of carbonyl (C=O) groups excluding carboxylic acids is 3. The standard InChI is InChI=1S/C61H103N3O21/c1-35(17-13-11-9-10-12-16-24-64-60(62)63-8)25-39(5)57-38(4)18-14-15-19-42(65)26-43(66)27-44(67)28-45(82-55(77)32-53(73)74)29-46-30-52(83-56(78)33-54(75)76)58(79)61(81,85-46)34-51(72)37(3)21-22-47(68)40(6)50(71)31-49(70)36(2)20-23-48(69)41(7)59(80)84-57/h9-10,14-15,18-20,23,35-52,57-58,65-72,79,81H,11-13,16-17,21-22,24-34H2,1-8H3,(H,73,74)(H,75,76)(H3,62,63,64)/b10-9+,18-14-,19-15-,23-20-. The molecule has 0 aromatic carbocycles. The van der Waals surface area contributed by atoms with Crippen LogP contribution in [0.1, 0.15) is 158 Å². The fourth-order valence-electron chi connectivity index (χ4n) is 10.6. The topological polar surface area (TPSA) is 415 Å². The molecule has 21 atom stereocenters. The predicted molar refractivity (Wildman–Crippen MR) is 314 cm³/mol. The molecule has 15 N–H and O–H groups in total. The lowest BCUT2D eigenvalue weighted by molar-refractivity contribution is -0.334. The van der Waals surface area contributed by atoms with Gasteiger partial charge in [-0.05, 0) is 76.0 Å². The van der Waals surface area contributed by atoms with Crippen LogP contribution in [0.25, 0.3) is 0 Å². The molecule has 0 aromatic heterocycles. The number of carboxylic acid groups (broad SMARTS) is 2. The molecule has 1 fully saturated rings. The SMILES string of the molecule is CN=C(N)NCCC/C=C/CCCC(C)CC(C)C1OC(=O)C(C)C(O)/C=C\C(C)C(O)CC(O)C(C)C(O)CCC(C)C(O)CC2(O)OC(CC(OC(=O)CC(=O)O)CC(O)CC(O)CC(O)/C=C\C=C/C1C)CC(OC(=O)CC(=O)O)C2O. The molecule has 0 spiro atoms. The second kappa shape index (κ2) is 39.1. The first-order valence-electron chi connectivity index (χ1n) is 30.1. The van der Waals surface area contributed by atoms with Crippen molar-refractivity contribution in [3.63, 3.8) is 0 Å². The number of nitrogens with zero attached hydrogens (tertiary/aromatic N) is 1. The number of fused-ring (bicyclic) bond motifs is 2. The van der Waals surface area contributed by atoms with Gasteiger partial charge in [-0.2, -0.15) is 0 Å². The van der Waals surface area contributed by atoms with Crippen molar-refractivity contribution in [1.29, 1.82) is 0 Å². The molecule has 488 valence electrons. The van der Waals surface area contributed by atoms with E-state index in [0.717, 1.165) is 38.6 Å². The van der Waals surface area contributed by atoms with Crippen molar-refractivity contribution in [3.05, 3.63) is 48.6 Å². The van der Waals surface area contributed by atoms with E-state index in [1.54, 1.807) is 46.0 Å². The number of nitrogens with one attached hydrogen (secondary N) is 1. The van der Waals surface area contributed by atoms with Gasteiger partial charge in [-0.15, -0.1) is 0 Å². The number of ether oxygens (including phenoxy) is 4. The summed E-state index contributed by atoms with van der Waals surface area (Å²) in [4.78, 5) is 65.9. The summed E-state index contributed by atoms with van der Waals surface area (Å²) in [5, 5.41) is 134. The van der Waals surface area contributed by atoms with Crippen molar-refractivity contribution < 1.29 is 104 Å². The van der Waals surface area contributed by atoms with Crippen LogP contribution >= 0.6 is 0 Å². The number of unbranched alkanes of at least 4 members (excludes halogenated alkanes) is 2. The Labute approximate surface area is 500 Å². The zero-order chi connectivity index (χ0) is 64.1. The van der Waals surface area contributed by atoms with Gasteiger partial charge in [0.2, 0.25) is 0 Å². The van der Waals surface area contributed by atoms with Crippen LogP contribution < -0.4 is 11.1 Å². The van der Waals surface area contributed by atoms with E-state index in [4.69, 9.17) is 24.7 Å². The highest BCUT2D eigenvalue weighted by Crippen LogP contribution is 2.38. The Balaban J connectivity index is 2.49. The molecule has 0 amide bonds. The van der Waals surface area contributed by atoms with E-state index in [2.05, 4.69) is 29.4 Å². The average Bonchev–Trinajstić information content (AvgIpc) is 3.59. The van der Waals surface area contributed by atoms with E-state index in [1.807, 2.05) is 13.8 Å². The Morgan fingerprint density at radius 2 is 1.35 bits per heavy atom. The fraction of sp³-hybridized carbons (Fsp3) is 0.770. The second-order valence-corrected chi connectivity index (χ2v) is 23.9. The molecule has 2 aliphatic rings. The summed E-state index contributed by atoms with van der Waals surface area (Å²) in [6, 6.07) is 0. The molecule has 21 unspecified atom stereocenters. The van der Waals surface area contributed by atoms with Crippen LogP contribution in [-0.2, 0) is 42.9 Å². The zero-order valence-corrected chi connectivity index (χ0v) is 51.0. The lowest BCUT2D eigenvalue weighted by Crippen LogP contribution is -2.60. The number of hydrogen-bond donors (Lipinski definition) is 14. The Morgan fingerprint density at radius 1 is 0.741 bits per heavy atom. The molecular weight excluding hydrogens is 1110 g/mol. The van der Waals surface area contributed by atoms with E-state index in [9.17, 15) is 85.3 Å². The second-order valence-electron chi connectivity index (χ2n) is 23.9. The van der Waals surface area contributed by atoms with Gasteiger partial charge in [-0.3, -0.25) is 29.0 Å². The van der Waals surface area contributed by atoms with Crippen LogP contribution in [0.5, 0.6) is 0 Å². The van der Waals surface area contributed by atoms with Gasteiger partial charge in [0.1, 0.15) is 37.3 Å². The number of aliphatic hydroxyl groups is 10. The highest BCUT2D eigenvalue weighted by molar-refractivity contribution is 5.90. The van der Waals surface area contributed by atoms with Crippen molar-refractivity contribution in [3.8, 4) is 0 Å². The summed E-state index contributed by atoms with van der Waals surface area (Å²) in [6.45, 7) is 13.1. The van der Waals surface area contributed by atoms with Crippen LogP contribution in [0, 0.1) is 41.4 Å². The summed E-state index contributed by atoms with van der Waals surface area (Å²) < 4.78 is 22.9. The molecule has 2 bridgehead atoms. The van der Waals surface area contributed by atoms with Gasteiger partial charge in [-0.25, -0.2) is 0 Å². The van der Waals surface area contributed by atoms with Crippen molar-refractivity contribution in [1.82, 2.24) is 5.32 Å². The van der Waals surface area contributed by atoms with Crippen LogP contribution in [-0.4, -0.2) is 196 Å². The Morgan fingerprint density at radius 3 is 1.99 bits per heavy atom. The number of allylic oxidation sites excluding steroid dienone is 4. The normalized spacial score (nSPS) is 36.3. The largest absolute Gasteiger partial charge is 0.481 e. The minimum Gasteiger partial charge on any atom is -0.481 e. The summed E-state index contributed by atoms with van der Waals surface area (Å²) in [7, 11) is 1.62. The lowest BCUT2D eigenvalue weighted by atomic mass is 9.83. The molecule has 2 aliphatic heterocycles. The van der Waals surface area contributed by atoms with Crippen LogP contribution in [0.3, 0.4) is 0 Å². The highest BCUT2D eigenvalue weighted by atomic mass is 16.7. The number of aliphatic carboxylic acids is 2. The number of cyclic esters (lactones) is 1. The summed E-state index contributed by atoms with van der Waals surface area (Å²) in [6.07, 6.45) is -3.85. The number of aliphatic imine (C=N–C) groups is 1.